The summed E-state index contributed by atoms with van der Waals surface area (Å²) in [5.74, 6) is 1.68. The molecule has 4 heteroatoms. The molecule has 1 N–H and O–H groups in total. The number of rotatable bonds is 4. The lowest BCUT2D eigenvalue weighted by Gasteiger charge is -2.09. The van der Waals surface area contributed by atoms with Crippen molar-refractivity contribution in [3.8, 4) is 11.4 Å². The molecule has 0 amide bonds. The molecule has 0 saturated carbocycles. The molecule has 2 aromatic rings. The summed E-state index contributed by atoms with van der Waals surface area (Å²) in [6, 6.07) is 7.88. The minimum Gasteiger partial charge on any atom is -0.497 e. The molecule has 0 bridgehead atoms. The van der Waals surface area contributed by atoms with Gasteiger partial charge in [-0.1, -0.05) is 6.07 Å². The number of benzene rings is 1. The normalized spacial score (nSPS) is 10.1. The molecule has 0 radical (unpaired) electrons. The van der Waals surface area contributed by atoms with Crippen LogP contribution in [-0.2, 0) is 0 Å². The molecule has 84 valence electrons. The van der Waals surface area contributed by atoms with Gasteiger partial charge in [-0.2, -0.15) is 0 Å². The van der Waals surface area contributed by atoms with Crippen molar-refractivity contribution in [2.24, 2.45) is 0 Å². The summed E-state index contributed by atoms with van der Waals surface area (Å²) in [5.41, 5.74) is 1.04. The van der Waals surface area contributed by atoms with E-state index in [0.29, 0.717) is 0 Å². The van der Waals surface area contributed by atoms with Gasteiger partial charge in [-0.15, -0.1) is 0 Å². The Balaban J connectivity index is 2.37. The molecular weight excluding hydrogens is 202 g/mol. The van der Waals surface area contributed by atoms with Crippen LogP contribution in [0.15, 0.2) is 36.7 Å². The molecule has 4 nitrogen and oxygen atoms in total. The molecule has 0 saturated heterocycles. The minimum atomic E-state index is 0.841. The molecule has 0 fully saturated rings. The molecule has 0 spiro atoms. The largest absolute Gasteiger partial charge is 0.497 e. The quantitative estimate of drug-likeness (QED) is 0.854. The van der Waals surface area contributed by atoms with Crippen molar-refractivity contribution in [2.45, 2.75) is 6.92 Å². The van der Waals surface area contributed by atoms with Gasteiger partial charge in [0.15, 0.2) is 0 Å². The van der Waals surface area contributed by atoms with Crippen molar-refractivity contribution in [1.82, 2.24) is 9.55 Å². The fraction of sp³-hybridized carbons (Fsp3) is 0.250. The second kappa shape index (κ2) is 4.70. The SMILES string of the molecule is CCNc1nccn1-c1cccc(OC)c1. The second-order valence-corrected chi connectivity index (χ2v) is 3.35. The summed E-state index contributed by atoms with van der Waals surface area (Å²) in [4.78, 5) is 4.25. The van der Waals surface area contributed by atoms with Crippen molar-refractivity contribution < 1.29 is 4.74 Å². The lowest BCUT2D eigenvalue weighted by Crippen LogP contribution is -2.04. The number of nitrogens with zero attached hydrogens (tertiary/aromatic N) is 2. The Hall–Kier alpha value is -1.97. The van der Waals surface area contributed by atoms with Crippen molar-refractivity contribution in [3.05, 3.63) is 36.7 Å². The smallest absolute Gasteiger partial charge is 0.207 e. The summed E-state index contributed by atoms with van der Waals surface area (Å²) < 4.78 is 7.19. The highest BCUT2D eigenvalue weighted by atomic mass is 16.5. The average Bonchev–Trinajstić information content (AvgIpc) is 2.78. The first-order valence-electron chi connectivity index (χ1n) is 5.26. The van der Waals surface area contributed by atoms with E-state index in [1.807, 2.05) is 42.0 Å². The maximum Gasteiger partial charge on any atom is 0.207 e. The number of hydrogen-bond donors (Lipinski definition) is 1. The zero-order chi connectivity index (χ0) is 11.4. The molecule has 0 aliphatic carbocycles. The number of methoxy groups -OCH3 is 1. The van der Waals surface area contributed by atoms with Gasteiger partial charge in [-0.3, -0.25) is 4.57 Å². The van der Waals surface area contributed by atoms with Crippen LogP contribution in [0, 0.1) is 0 Å². The Labute approximate surface area is 94.9 Å². The van der Waals surface area contributed by atoms with Crippen LogP contribution in [-0.4, -0.2) is 23.2 Å². The molecular formula is C12H15N3O. The van der Waals surface area contributed by atoms with Gasteiger partial charge in [0.05, 0.1) is 12.8 Å². The zero-order valence-electron chi connectivity index (χ0n) is 9.47. The van der Waals surface area contributed by atoms with E-state index in [1.165, 1.54) is 0 Å². The van der Waals surface area contributed by atoms with Crippen molar-refractivity contribution in [3.63, 3.8) is 0 Å². The lowest BCUT2D eigenvalue weighted by molar-refractivity contribution is 0.414. The van der Waals surface area contributed by atoms with Crippen LogP contribution in [0.5, 0.6) is 5.75 Å². The maximum absolute atomic E-state index is 5.20. The van der Waals surface area contributed by atoms with Gasteiger partial charge in [0, 0.05) is 25.0 Å². The maximum atomic E-state index is 5.20. The van der Waals surface area contributed by atoms with Crippen LogP contribution in [0.3, 0.4) is 0 Å². The third-order valence-electron chi connectivity index (χ3n) is 2.31. The number of aromatic nitrogens is 2. The highest BCUT2D eigenvalue weighted by molar-refractivity contribution is 5.45. The molecule has 0 aliphatic rings. The van der Waals surface area contributed by atoms with E-state index in [-0.39, 0.29) is 0 Å². The van der Waals surface area contributed by atoms with Crippen molar-refractivity contribution >= 4 is 5.95 Å². The monoisotopic (exact) mass is 217 g/mol. The van der Waals surface area contributed by atoms with Crippen LogP contribution < -0.4 is 10.1 Å². The highest BCUT2D eigenvalue weighted by Gasteiger charge is 2.04. The van der Waals surface area contributed by atoms with Crippen LogP contribution in [0.1, 0.15) is 6.92 Å². The Morgan fingerprint density at radius 3 is 3.06 bits per heavy atom. The molecule has 0 aliphatic heterocycles. The van der Waals surface area contributed by atoms with Crippen LogP contribution >= 0.6 is 0 Å². The van der Waals surface area contributed by atoms with Crippen molar-refractivity contribution in [2.75, 3.05) is 19.0 Å². The first-order chi connectivity index (χ1) is 7.85. The number of imidazole rings is 1. The van der Waals surface area contributed by atoms with E-state index in [9.17, 15) is 0 Å². The molecule has 1 heterocycles. The first-order valence-corrected chi connectivity index (χ1v) is 5.26. The Kier molecular flexibility index (Phi) is 3.10. The molecule has 0 unspecified atom stereocenters. The number of anilines is 1. The number of nitrogens with one attached hydrogen (secondary N) is 1. The van der Waals surface area contributed by atoms with Gasteiger partial charge in [0.1, 0.15) is 5.75 Å². The van der Waals surface area contributed by atoms with E-state index in [4.69, 9.17) is 4.74 Å². The topological polar surface area (TPSA) is 39.1 Å². The Bertz CT molecular complexity index is 465. The van der Waals surface area contributed by atoms with E-state index >= 15 is 0 Å². The average molecular weight is 217 g/mol. The summed E-state index contributed by atoms with van der Waals surface area (Å²) in [6.07, 6.45) is 3.70. The number of ether oxygens (including phenoxy) is 1. The molecule has 16 heavy (non-hydrogen) atoms. The molecule has 1 aromatic heterocycles. The van der Waals surface area contributed by atoms with E-state index < -0.39 is 0 Å². The third kappa shape index (κ3) is 2.00. The number of hydrogen-bond acceptors (Lipinski definition) is 3. The Morgan fingerprint density at radius 1 is 1.44 bits per heavy atom. The van der Waals surface area contributed by atoms with E-state index in [2.05, 4.69) is 10.3 Å². The van der Waals surface area contributed by atoms with Crippen LogP contribution in [0.25, 0.3) is 5.69 Å². The third-order valence-corrected chi connectivity index (χ3v) is 2.31. The molecule has 1 aromatic carbocycles. The fourth-order valence-corrected chi connectivity index (χ4v) is 1.56. The summed E-state index contributed by atoms with van der Waals surface area (Å²) in [7, 11) is 1.66. The van der Waals surface area contributed by atoms with Gasteiger partial charge in [0.2, 0.25) is 5.95 Å². The van der Waals surface area contributed by atoms with Crippen LogP contribution in [0.4, 0.5) is 5.95 Å². The summed E-state index contributed by atoms with van der Waals surface area (Å²) in [5, 5.41) is 3.20. The predicted octanol–water partition coefficient (Wildman–Crippen LogP) is 2.31. The minimum absolute atomic E-state index is 0.841. The Morgan fingerprint density at radius 2 is 2.31 bits per heavy atom. The van der Waals surface area contributed by atoms with E-state index in [1.54, 1.807) is 13.3 Å². The van der Waals surface area contributed by atoms with Gasteiger partial charge >= 0.3 is 0 Å². The van der Waals surface area contributed by atoms with Gasteiger partial charge in [-0.05, 0) is 19.1 Å². The van der Waals surface area contributed by atoms with Gasteiger partial charge in [0.25, 0.3) is 0 Å². The molecule has 2 rings (SSSR count). The first kappa shape index (κ1) is 10.5. The summed E-state index contributed by atoms with van der Waals surface area (Å²) in [6.45, 7) is 2.89. The second-order valence-electron chi connectivity index (χ2n) is 3.35. The fourth-order valence-electron chi connectivity index (χ4n) is 1.56. The van der Waals surface area contributed by atoms with E-state index in [0.717, 1.165) is 23.9 Å². The highest BCUT2D eigenvalue weighted by Crippen LogP contribution is 2.19. The lowest BCUT2D eigenvalue weighted by atomic mass is 10.3. The summed E-state index contributed by atoms with van der Waals surface area (Å²) >= 11 is 0. The van der Waals surface area contributed by atoms with Gasteiger partial charge in [-0.25, -0.2) is 4.98 Å². The van der Waals surface area contributed by atoms with Crippen LogP contribution in [0.2, 0.25) is 0 Å². The molecule has 0 atom stereocenters. The standard InChI is InChI=1S/C12H15N3O/c1-3-13-12-14-7-8-15(12)10-5-4-6-11(9-10)16-2/h4-9H,3H2,1-2H3,(H,13,14). The predicted molar refractivity (Wildman–Crippen MR) is 64.3 cm³/mol. The zero-order valence-corrected chi connectivity index (χ0v) is 9.47. The van der Waals surface area contributed by atoms with Crippen molar-refractivity contribution in [1.29, 1.82) is 0 Å². The van der Waals surface area contributed by atoms with Gasteiger partial charge < -0.3 is 10.1 Å².